The molecular formula is C13H18BrNO. The van der Waals surface area contributed by atoms with Gasteiger partial charge in [0.1, 0.15) is 0 Å². The van der Waals surface area contributed by atoms with E-state index >= 15 is 0 Å². The van der Waals surface area contributed by atoms with Crippen LogP contribution in [0, 0.1) is 13.8 Å². The molecule has 0 bridgehead atoms. The van der Waals surface area contributed by atoms with Crippen LogP contribution in [0.1, 0.15) is 24.0 Å². The summed E-state index contributed by atoms with van der Waals surface area (Å²) in [5.74, 6) is 0. The molecule has 1 fully saturated rings. The van der Waals surface area contributed by atoms with Crippen LogP contribution in [0.5, 0.6) is 0 Å². The number of nitrogens with one attached hydrogen (secondary N) is 1. The average Bonchev–Trinajstić information content (AvgIpc) is 2.25. The Balaban J connectivity index is 2.14. The van der Waals surface area contributed by atoms with Crippen LogP contribution in [0.15, 0.2) is 16.6 Å². The zero-order valence-electron chi connectivity index (χ0n) is 9.85. The zero-order valence-corrected chi connectivity index (χ0v) is 11.4. The van der Waals surface area contributed by atoms with Crippen molar-refractivity contribution in [3.05, 3.63) is 27.7 Å². The van der Waals surface area contributed by atoms with Gasteiger partial charge in [0.15, 0.2) is 0 Å². The van der Waals surface area contributed by atoms with Crippen LogP contribution in [0.3, 0.4) is 0 Å². The molecule has 0 radical (unpaired) electrons. The van der Waals surface area contributed by atoms with Crippen molar-refractivity contribution in [2.45, 2.75) is 32.7 Å². The minimum absolute atomic E-state index is 0.562. The molecule has 0 unspecified atom stereocenters. The lowest BCUT2D eigenvalue weighted by atomic mass is 10.0. The third-order valence-electron chi connectivity index (χ3n) is 3.07. The van der Waals surface area contributed by atoms with E-state index in [9.17, 15) is 0 Å². The first-order valence-corrected chi connectivity index (χ1v) is 6.57. The lowest BCUT2D eigenvalue weighted by Gasteiger charge is -2.26. The predicted octanol–water partition coefficient (Wildman–Crippen LogP) is 3.66. The molecule has 1 N–H and O–H groups in total. The number of ether oxygens (including phenoxy) is 1. The molecule has 2 nitrogen and oxygen atoms in total. The molecule has 1 saturated heterocycles. The number of rotatable bonds is 2. The maximum atomic E-state index is 5.37. The number of hydrogen-bond acceptors (Lipinski definition) is 2. The van der Waals surface area contributed by atoms with Gasteiger partial charge in [0.2, 0.25) is 0 Å². The summed E-state index contributed by atoms with van der Waals surface area (Å²) in [5.41, 5.74) is 3.90. The van der Waals surface area contributed by atoms with E-state index in [4.69, 9.17) is 4.74 Å². The van der Waals surface area contributed by atoms with Gasteiger partial charge in [-0.3, -0.25) is 0 Å². The maximum absolute atomic E-state index is 5.37. The molecule has 16 heavy (non-hydrogen) atoms. The molecule has 0 aromatic heterocycles. The summed E-state index contributed by atoms with van der Waals surface area (Å²) in [6.07, 6.45) is 2.21. The van der Waals surface area contributed by atoms with E-state index in [1.54, 1.807) is 0 Å². The molecule has 1 heterocycles. The molecule has 0 amide bonds. The second-order valence-electron chi connectivity index (χ2n) is 4.45. The van der Waals surface area contributed by atoms with Gasteiger partial charge < -0.3 is 10.1 Å². The molecule has 1 aromatic rings. The summed E-state index contributed by atoms with van der Waals surface area (Å²) in [6.45, 7) is 6.07. The molecule has 0 spiro atoms. The summed E-state index contributed by atoms with van der Waals surface area (Å²) in [7, 11) is 0. The first-order chi connectivity index (χ1) is 7.66. The summed E-state index contributed by atoms with van der Waals surface area (Å²) in [6, 6.07) is 4.89. The van der Waals surface area contributed by atoms with Crippen molar-refractivity contribution in [1.82, 2.24) is 0 Å². The lowest BCUT2D eigenvalue weighted by molar-refractivity contribution is 0.0904. The number of aryl methyl sites for hydroxylation is 2. The number of anilines is 1. The monoisotopic (exact) mass is 283 g/mol. The van der Waals surface area contributed by atoms with E-state index < -0.39 is 0 Å². The molecule has 0 aliphatic carbocycles. The molecule has 2 rings (SSSR count). The van der Waals surface area contributed by atoms with E-state index in [1.165, 1.54) is 16.8 Å². The second-order valence-corrected chi connectivity index (χ2v) is 5.36. The highest BCUT2D eigenvalue weighted by atomic mass is 79.9. The molecular weight excluding hydrogens is 266 g/mol. The SMILES string of the molecule is Cc1cc(Br)cc(C)c1NC1CCOCC1. The molecule has 88 valence electrons. The van der Waals surface area contributed by atoms with Gasteiger partial charge in [0.05, 0.1) is 0 Å². The normalized spacial score (nSPS) is 17.4. The van der Waals surface area contributed by atoms with Crippen molar-refractivity contribution < 1.29 is 4.74 Å². The highest BCUT2D eigenvalue weighted by Gasteiger charge is 2.15. The number of halogens is 1. The largest absolute Gasteiger partial charge is 0.382 e. The third-order valence-corrected chi connectivity index (χ3v) is 3.53. The van der Waals surface area contributed by atoms with E-state index in [2.05, 4.69) is 47.2 Å². The quantitative estimate of drug-likeness (QED) is 0.895. The Labute approximate surface area is 106 Å². The van der Waals surface area contributed by atoms with Crippen molar-refractivity contribution in [1.29, 1.82) is 0 Å². The van der Waals surface area contributed by atoms with Crippen LogP contribution in [0.25, 0.3) is 0 Å². The first kappa shape index (κ1) is 11.9. The third kappa shape index (κ3) is 2.77. The highest BCUT2D eigenvalue weighted by molar-refractivity contribution is 9.10. The van der Waals surface area contributed by atoms with Crippen molar-refractivity contribution in [3.8, 4) is 0 Å². The van der Waals surface area contributed by atoms with Crippen molar-refractivity contribution in [3.63, 3.8) is 0 Å². The average molecular weight is 284 g/mol. The summed E-state index contributed by atoms with van der Waals surface area (Å²) in [5, 5.41) is 3.64. The molecule has 1 aromatic carbocycles. The summed E-state index contributed by atoms with van der Waals surface area (Å²) in [4.78, 5) is 0. The number of hydrogen-bond donors (Lipinski definition) is 1. The van der Waals surface area contributed by atoms with Gasteiger partial charge in [-0.2, -0.15) is 0 Å². The highest BCUT2D eigenvalue weighted by Crippen LogP contribution is 2.27. The van der Waals surface area contributed by atoms with E-state index in [-0.39, 0.29) is 0 Å². The Kier molecular flexibility index (Phi) is 3.87. The van der Waals surface area contributed by atoms with Crippen LogP contribution >= 0.6 is 15.9 Å². The van der Waals surface area contributed by atoms with Gasteiger partial charge in [0, 0.05) is 29.4 Å². The van der Waals surface area contributed by atoms with E-state index in [0.717, 1.165) is 30.5 Å². The van der Waals surface area contributed by atoms with Crippen LogP contribution in [0.2, 0.25) is 0 Å². The van der Waals surface area contributed by atoms with Crippen molar-refractivity contribution in [2.24, 2.45) is 0 Å². The topological polar surface area (TPSA) is 21.3 Å². The van der Waals surface area contributed by atoms with Gasteiger partial charge in [-0.1, -0.05) is 15.9 Å². The zero-order chi connectivity index (χ0) is 11.5. The Hall–Kier alpha value is -0.540. The van der Waals surface area contributed by atoms with Crippen LogP contribution < -0.4 is 5.32 Å². The van der Waals surface area contributed by atoms with Gasteiger partial charge in [-0.05, 0) is 49.9 Å². The van der Waals surface area contributed by atoms with Crippen LogP contribution in [-0.4, -0.2) is 19.3 Å². The fourth-order valence-electron chi connectivity index (χ4n) is 2.18. The van der Waals surface area contributed by atoms with Gasteiger partial charge in [-0.25, -0.2) is 0 Å². The van der Waals surface area contributed by atoms with Gasteiger partial charge >= 0.3 is 0 Å². The van der Waals surface area contributed by atoms with Crippen LogP contribution in [0.4, 0.5) is 5.69 Å². The maximum Gasteiger partial charge on any atom is 0.0485 e. The Morgan fingerprint density at radius 1 is 1.19 bits per heavy atom. The standard InChI is InChI=1S/C13H18BrNO/c1-9-7-11(14)8-10(2)13(9)15-12-3-5-16-6-4-12/h7-8,12,15H,3-6H2,1-2H3. The van der Waals surface area contributed by atoms with Crippen molar-refractivity contribution in [2.75, 3.05) is 18.5 Å². The fourth-order valence-corrected chi connectivity index (χ4v) is 2.87. The molecule has 3 heteroatoms. The van der Waals surface area contributed by atoms with E-state index in [0.29, 0.717) is 6.04 Å². The first-order valence-electron chi connectivity index (χ1n) is 5.78. The fraction of sp³-hybridized carbons (Fsp3) is 0.538. The van der Waals surface area contributed by atoms with Gasteiger partial charge in [-0.15, -0.1) is 0 Å². The molecule has 0 atom stereocenters. The lowest BCUT2D eigenvalue weighted by Crippen LogP contribution is -2.28. The summed E-state index contributed by atoms with van der Waals surface area (Å²) >= 11 is 3.52. The summed E-state index contributed by atoms with van der Waals surface area (Å²) < 4.78 is 6.52. The van der Waals surface area contributed by atoms with Crippen LogP contribution in [-0.2, 0) is 4.74 Å². The number of benzene rings is 1. The molecule has 1 aliphatic rings. The molecule has 0 saturated carbocycles. The Bertz CT molecular complexity index is 349. The predicted molar refractivity (Wildman–Crippen MR) is 71.1 cm³/mol. The Morgan fingerprint density at radius 3 is 2.31 bits per heavy atom. The van der Waals surface area contributed by atoms with Crippen molar-refractivity contribution >= 4 is 21.6 Å². The second kappa shape index (κ2) is 5.19. The Morgan fingerprint density at radius 2 is 1.75 bits per heavy atom. The molecule has 1 aliphatic heterocycles. The van der Waals surface area contributed by atoms with Gasteiger partial charge in [0.25, 0.3) is 0 Å². The van der Waals surface area contributed by atoms with E-state index in [1.807, 2.05) is 0 Å². The smallest absolute Gasteiger partial charge is 0.0485 e. The minimum atomic E-state index is 0.562. The minimum Gasteiger partial charge on any atom is -0.382 e.